The summed E-state index contributed by atoms with van der Waals surface area (Å²) in [6.07, 6.45) is 13.5. The Labute approximate surface area is 126 Å². The first-order valence-corrected chi connectivity index (χ1v) is 8.17. The fraction of sp³-hybridized carbons (Fsp3) is 0.722. The molecular weight excluding hydrogens is 244 g/mol. The zero-order chi connectivity index (χ0) is 15.4. The second-order valence-corrected chi connectivity index (χ2v) is 5.44. The van der Waals surface area contributed by atoms with Crippen molar-refractivity contribution in [2.24, 2.45) is 10.9 Å². The third-order valence-corrected chi connectivity index (χ3v) is 3.81. The number of allylic oxidation sites excluding steroid dienone is 1. The molecule has 1 rings (SSSR count). The van der Waals surface area contributed by atoms with Crippen LogP contribution < -0.4 is 0 Å². The molecule has 0 unspecified atom stereocenters. The smallest absolute Gasteiger partial charge is 0.0308 e. The molecule has 0 aliphatic heterocycles. The molecule has 0 aromatic carbocycles. The summed E-state index contributed by atoms with van der Waals surface area (Å²) in [7, 11) is 2.24. The van der Waals surface area contributed by atoms with E-state index < -0.39 is 0 Å². The quantitative estimate of drug-likeness (QED) is 0.506. The SMILES string of the molecule is CC.CC=N/C=C(\C=C/C)CN(C)C1CCC(C)CC1. The Morgan fingerprint density at radius 2 is 1.75 bits per heavy atom. The lowest BCUT2D eigenvalue weighted by molar-refractivity contribution is 0.182. The molecule has 116 valence electrons. The lowest BCUT2D eigenvalue weighted by Gasteiger charge is -2.33. The highest BCUT2D eigenvalue weighted by atomic mass is 15.1. The van der Waals surface area contributed by atoms with Gasteiger partial charge in [0.25, 0.3) is 0 Å². The maximum absolute atomic E-state index is 4.24. The Kier molecular flexibility index (Phi) is 11.4. The van der Waals surface area contributed by atoms with E-state index in [4.69, 9.17) is 0 Å². The van der Waals surface area contributed by atoms with Crippen LogP contribution in [0, 0.1) is 5.92 Å². The molecule has 2 heteroatoms. The second kappa shape index (κ2) is 11.9. The molecule has 0 spiro atoms. The van der Waals surface area contributed by atoms with Crippen molar-refractivity contribution in [2.75, 3.05) is 13.6 Å². The van der Waals surface area contributed by atoms with Gasteiger partial charge in [0.2, 0.25) is 0 Å². The highest BCUT2D eigenvalue weighted by molar-refractivity contribution is 5.54. The van der Waals surface area contributed by atoms with Crippen LogP contribution in [0.4, 0.5) is 0 Å². The van der Waals surface area contributed by atoms with E-state index in [1.54, 1.807) is 0 Å². The minimum Gasteiger partial charge on any atom is -0.299 e. The van der Waals surface area contributed by atoms with Crippen molar-refractivity contribution in [1.29, 1.82) is 0 Å². The van der Waals surface area contributed by atoms with Crippen molar-refractivity contribution < 1.29 is 0 Å². The number of nitrogens with zero attached hydrogens (tertiary/aromatic N) is 2. The van der Waals surface area contributed by atoms with Gasteiger partial charge in [-0.3, -0.25) is 9.89 Å². The minimum atomic E-state index is 0.750. The molecule has 1 fully saturated rings. The Morgan fingerprint density at radius 1 is 1.15 bits per heavy atom. The molecule has 0 aromatic heterocycles. The van der Waals surface area contributed by atoms with Gasteiger partial charge in [-0.25, -0.2) is 0 Å². The van der Waals surface area contributed by atoms with Gasteiger partial charge in [0.1, 0.15) is 0 Å². The van der Waals surface area contributed by atoms with Crippen molar-refractivity contribution in [3.05, 3.63) is 23.9 Å². The monoisotopic (exact) mass is 278 g/mol. The molecule has 0 N–H and O–H groups in total. The zero-order valence-electron chi connectivity index (χ0n) is 14.4. The van der Waals surface area contributed by atoms with Crippen molar-refractivity contribution in [3.8, 4) is 0 Å². The summed E-state index contributed by atoms with van der Waals surface area (Å²) in [4.78, 5) is 6.73. The normalized spacial score (nSPS) is 24.2. The third kappa shape index (κ3) is 7.64. The van der Waals surface area contributed by atoms with E-state index in [9.17, 15) is 0 Å². The minimum absolute atomic E-state index is 0.750. The number of likely N-dealkylation sites (N-methyl/N-ethyl adjacent to an activating group) is 1. The zero-order valence-corrected chi connectivity index (χ0v) is 14.4. The van der Waals surface area contributed by atoms with Crippen molar-refractivity contribution in [2.45, 2.75) is 66.3 Å². The van der Waals surface area contributed by atoms with Gasteiger partial charge in [0.15, 0.2) is 0 Å². The van der Waals surface area contributed by atoms with Gasteiger partial charge in [-0.15, -0.1) is 0 Å². The van der Waals surface area contributed by atoms with Crippen LogP contribution in [-0.4, -0.2) is 30.7 Å². The first kappa shape index (κ1) is 19.1. The van der Waals surface area contributed by atoms with Gasteiger partial charge < -0.3 is 0 Å². The van der Waals surface area contributed by atoms with Gasteiger partial charge in [-0.05, 0) is 58.1 Å². The maximum atomic E-state index is 4.24. The lowest BCUT2D eigenvalue weighted by Crippen LogP contribution is -2.35. The van der Waals surface area contributed by atoms with Crippen molar-refractivity contribution in [3.63, 3.8) is 0 Å². The second-order valence-electron chi connectivity index (χ2n) is 5.44. The van der Waals surface area contributed by atoms with Gasteiger partial charge in [-0.2, -0.15) is 0 Å². The number of aliphatic imine (C=N–C) groups is 1. The Hall–Kier alpha value is -0.890. The van der Waals surface area contributed by atoms with Gasteiger partial charge in [-0.1, -0.05) is 32.9 Å². The fourth-order valence-electron chi connectivity index (χ4n) is 2.62. The van der Waals surface area contributed by atoms with E-state index in [0.29, 0.717) is 0 Å². The number of rotatable bonds is 5. The summed E-state index contributed by atoms with van der Waals surface area (Å²) in [6.45, 7) is 11.4. The van der Waals surface area contributed by atoms with Crippen LogP contribution in [0.5, 0.6) is 0 Å². The van der Waals surface area contributed by atoms with E-state index in [-0.39, 0.29) is 0 Å². The van der Waals surface area contributed by atoms with Crippen LogP contribution in [0.1, 0.15) is 60.3 Å². The Balaban J connectivity index is 0.00000172. The van der Waals surface area contributed by atoms with E-state index in [0.717, 1.165) is 18.5 Å². The standard InChI is InChI=1S/C16H28N2.C2H6/c1-5-7-15(12-17-6-2)13-18(4)16-10-8-14(3)9-11-16;1-2/h5-7,12,14,16H,8-11,13H2,1-4H3;1-2H3/b7-5-,15-12+,17-6?;. The number of hydrogen-bond acceptors (Lipinski definition) is 2. The van der Waals surface area contributed by atoms with Crippen molar-refractivity contribution >= 4 is 6.21 Å². The average Bonchev–Trinajstić information content (AvgIpc) is 2.47. The van der Waals surface area contributed by atoms with Gasteiger partial charge in [0.05, 0.1) is 0 Å². The highest BCUT2D eigenvalue weighted by Gasteiger charge is 2.21. The highest BCUT2D eigenvalue weighted by Crippen LogP contribution is 2.26. The molecule has 0 amide bonds. The molecule has 2 nitrogen and oxygen atoms in total. The maximum Gasteiger partial charge on any atom is 0.0308 e. The third-order valence-electron chi connectivity index (χ3n) is 3.81. The molecule has 0 saturated heterocycles. The molecule has 1 saturated carbocycles. The fourth-order valence-corrected chi connectivity index (χ4v) is 2.62. The molecule has 0 bridgehead atoms. The van der Waals surface area contributed by atoms with Crippen LogP contribution in [-0.2, 0) is 0 Å². The Morgan fingerprint density at radius 3 is 2.25 bits per heavy atom. The molecule has 0 aromatic rings. The van der Waals surface area contributed by atoms with E-state index >= 15 is 0 Å². The summed E-state index contributed by atoms with van der Waals surface area (Å²) in [6, 6.07) is 0.750. The molecule has 0 atom stereocenters. The summed E-state index contributed by atoms with van der Waals surface area (Å²) in [5.74, 6) is 0.921. The van der Waals surface area contributed by atoms with Crippen LogP contribution in [0.15, 0.2) is 28.9 Å². The van der Waals surface area contributed by atoms with Crippen molar-refractivity contribution in [1.82, 2.24) is 4.90 Å². The molecule has 0 heterocycles. The van der Waals surface area contributed by atoms with Crippen LogP contribution in [0.25, 0.3) is 0 Å². The number of hydrogen-bond donors (Lipinski definition) is 0. The molecule has 1 aliphatic rings. The first-order valence-electron chi connectivity index (χ1n) is 8.17. The van der Waals surface area contributed by atoms with Gasteiger partial charge >= 0.3 is 0 Å². The predicted molar refractivity (Wildman–Crippen MR) is 92.5 cm³/mol. The predicted octanol–water partition coefficient (Wildman–Crippen LogP) is 5.07. The molecular formula is C18H34N2. The average molecular weight is 278 g/mol. The largest absolute Gasteiger partial charge is 0.299 e. The van der Waals surface area contributed by atoms with Crippen LogP contribution >= 0.6 is 0 Å². The Bertz CT molecular complexity index is 307. The summed E-state index contributed by atoms with van der Waals surface area (Å²) in [5, 5.41) is 0. The lowest BCUT2D eigenvalue weighted by atomic mass is 9.86. The molecule has 20 heavy (non-hydrogen) atoms. The van der Waals surface area contributed by atoms with E-state index in [2.05, 4.69) is 42.9 Å². The molecule has 0 radical (unpaired) electrons. The van der Waals surface area contributed by atoms with Crippen LogP contribution in [0.2, 0.25) is 0 Å². The molecule has 1 aliphatic carbocycles. The summed E-state index contributed by atoms with van der Waals surface area (Å²) in [5.41, 5.74) is 1.29. The topological polar surface area (TPSA) is 15.6 Å². The van der Waals surface area contributed by atoms with E-state index in [1.165, 1.54) is 31.3 Å². The van der Waals surface area contributed by atoms with E-state index in [1.807, 2.05) is 33.2 Å². The summed E-state index contributed by atoms with van der Waals surface area (Å²) >= 11 is 0. The first-order chi connectivity index (χ1) is 9.67. The van der Waals surface area contributed by atoms with Gasteiger partial charge in [0, 0.05) is 25.0 Å². The van der Waals surface area contributed by atoms with Crippen LogP contribution in [0.3, 0.4) is 0 Å². The summed E-state index contributed by atoms with van der Waals surface area (Å²) < 4.78 is 0.